The number of anilines is 3. The van der Waals surface area contributed by atoms with Crippen LogP contribution >= 0.6 is 0 Å². The van der Waals surface area contributed by atoms with E-state index in [2.05, 4.69) is 47.6 Å². The van der Waals surface area contributed by atoms with Crippen LogP contribution in [0.4, 0.5) is 17.1 Å². The summed E-state index contributed by atoms with van der Waals surface area (Å²) in [5, 5.41) is 1.65. The van der Waals surface area contributed by atoms with Crippen molar-refractivity contribution in [1.29, 1.82) is 0 Å². The molecule has 4 nitrogen and oxygen atoms in total. The molecule has 12 aromatic carbocycles. The largest absolute Gasteiger partial charge is 0.311 e. The summed E-state index contributed by atoms with van der Waals surface area (Å²) in [5.41, 5.74) is 0.172. The van der Waals surface area contributed by atoms with Gasteiger partial charge in [-0.1, -0.05) is 250 Å². The smallest absolute Gasteiger partial charge is 0.252 e. The SMILES string of the molecule is [2H]c1c(-n2c3c([2H])c([2H])c([2H])c([2H])c3c3c([2H])c([2H])c([2H])c([2H])c32)cc2c(c1[2H])B1c3c(c([2H])c(C(C)(C)C)c([2H])c3-n3c4c(-c5ccccc5)cccc4c4ccccc4c4ccccc4c4c(-n5c6c([2H])c([2H])c([2H])c([2H])c6c6c([2H])c([2H])c([2H])c([2H])c65)c([2H])c([2H])c1c43)N2c1cc(C(C)(C)C)cc(C(C)(C)C)c1. The molecule has 0 atom stereocenters. The molecule has 2 aliphatic rings. The van der Waals surface area contributed by atoms with Crippen LogP contribution in [0.1, 0.15) is 109 Å². The van der Waals surface area contributed by atoms with Gasteiger partial charge in [0.1, 0.15) is 0 Å². The van der Waals surface area contributed by atoms with Crippen LogP contribution in [0.2, 0.25) is 0 Å². The Kier molecular flexibility index (Phi) is 7.56. The highest BCUT2D eigenvalue weighted by Crippen LogP contribution is 2.49. The summed E-state index contributed by atoms with van der Waals surface area (Å²) in [6.45, 7) is 16.4. The number of hydrogen-bond acceptors (Lipinski definition) is 1. The predicted molar refractivity (Wildman–Crippen MR) is 383 cm³/mol. The zero-order valence-electron chi connectivity index (χ0n) is 72.4. The third-order valence-electron chi connectivity index (χ3n) is 17.9. The molecule has 5 heterocycles. The number of hydrogen-bond donors (Lipinski definition) is 0. The molecule has 0 unspecified atom stereocenters. The summed E-state index contributed by atoms with van der Waals surface area (Å²) < 4.78 is 224. The molecule has 0 radical (unpaired) electrons. The molecule has 0 spiro atoms. The lowest BCUT2D eigenvalue weighted by Crippen LogP contribution is -2.60. The average molecular weight is 1170 g/mol. The summed E-state index contributed by atoms with van der Waals surface area (Å²) in [6.07, 6.45) is 0. The second-order valence-corrected chi connectivity index (χ2v) is 26.4. The van der Waals surface area contributed by atoms with Crippen LogP contribution in [0, 0.1) is 0 Å². The van der Waals surface area contributed by atoms with Crippen LogP contribution in [0.25, 0.3) is 115 Å². The van der Waals surface area contributed by atoms with Crippen LogP contribution in [0.15, 0.2) is 254 Å². The molecular formula is C84H69BN4. The molecule has 0 saturated carbocycles. The first-order valence-electron chi connectivity index (χ1n) is 40.9. The van der Waals surface area contributed by atoms with Crippen molar-refractivity contribution in [2.45, 2.75) is 78.6 Å². The van der Waals surface area contributed by atoms with Gasteiger partial charge in [0, 0.05) is 66.3 Å². The van der Waals surface area contributed by atoms with E-state index < -0.39 is 144 Å². The standard InChI is InChI=1S/C84H69BN4/c1-82(2,3)53-46-54(83(4,5)6)48-57(47-53)87-75-51-56(86-70-38-21-17-31-62(70)63-32-18-22-39-71(63)86)42-43-68(75)85-69-44-45-74(88-72-40-23-19-33-64(72)65-34-20-24-41-73(65)88)78-66-35-16-15-29-60(66)59-28-13-14-30-61(59)67-37-25-36-58(52-26-11-10-12-27-52)80(67)89(81(69)78)77-50-55(84(7,8)9)49-76(87)79(77)85/h10-51H,1-9H3/i17D,18D,19D,20D,21D,22D,23D,24D,31D,32D,33D,34D,38D,39D,40D,41D,42D,43D,44D,45D,49D,50D. The maximum atomic E-state index is 11.5. The normalized spacial score (nSPS) is 16.6. The van der Waals surface area contributed by atoms with E-state index in [1.807, 2.05) is 127 Å². The van der Waals surface area contributed by atoms with Crippen molar-refractivity contribution < 1.29 is 30.2 Å². The lowest BCUT2D eigenvalue weighted by atomic mass is 9.33. The first-order valence-corrected chi connectivity index (χ1v) is 29.9. The summed E-state index contributed by atoms with van der Waals surface area (Å²) in [5.74, 6) is 0. The van der Waals surface area contributed by atoms with E-state index in [4.69, 9.17) is 5.48 Å². The zero-order valence-corrected chi connectivity index (χ0v) is 50.4. The summed E-state index contributed by atoms with van der Waals surface area (Å²) >= 11 is 0. The van der Waals surface area contributed by atoms with Gasteiger partial charge in [0.25, 0.3) is 6.71 Å². The van der Waals surface area contributed by atoms with E-state index in [0.29, 0.717) is 49.3 Å². The van der Waals surface area contributed by atoms with Crippen molar-refractivity contribution in [2.24, 2.45) is 0 Å². The summed E-state index contributed by atoms with van der Waals surface area (Å²) in [4.78, 5) is 1.82. The first-order chi connectivity index (χ1) is 52.3. The van der Waals surface area contributed by atoms with Gasteiger partial charge in [-0.25, -0.2) is 0 Å². The third-order valence-corrected chi connectivity index (χ3v) is 17.9. The zero-order chi connectivity index (χ0) is 79.6. The molecular weight excluding hydrogens is 1080 g/mol. The fraction of sp³-hybridized carbons (Fsp3) is 0.143. The monoisotopic (exact) mass is 1170 g/mol. The topological polar surface area (TPSA) is 18.0 Å². The minimum atomic E-state index is -1.61. The Morgan fingerprint density at radius 3 is 1.39 bits per heavy atom. The Morgan fingerprint density at radius 2 is 0.820 bits per heavy atom. The van der Waals surface area contributed by atoms with Gasteiger partial charge in [0.05, 0.1) is 68.9 Å². The molecule has 0 aliphatic carbocycles. The Labute approximate surface area is 551 Å². The first kappa shape index (κ1) is 35.0. The number of nitrogens with zero attached hydrogens (tertiary/aromatic N) is 4. The fourth-order valence-electron chi connectivity index (χ4n) is 13.7. The third kappa shape index (κ3) is 7.93. The number of rotatable bonds is 4. The molecule has 2 aliphatic heterocycles. The van der Waals surface area contributed by atoms with E-state index >= 15 is 0 Å². The molecule has 0 N–H and O–H groups in total. The molecule has 0 bridgehead atoms. The number of benzene rings is 12. The molecule has 0 fully saturated rings. The van der Waals surface area contributed by atoms with E-state index in [9.17, 15) is 24.7 Å². The van der Waals surface area contributed by atoms with Crippen LogP contribution < -0.4 is 21.3 Å². The quantitative estimate of drug-likeness (QED) is 0.161. The Bertz CT molecular complexity index is 6750. The van der Waals surface area contributed by atoms with E-state index in [1.165, 1.54) is 15.2 Å². The van der Waals surface area contributed by atoms with Crippen molar-refractivity contribution >= 4 is 127 Å². The van der Waals surface area contributed by atoms with E-state index in [1.54, 1.807) is 12.1 Å². The highest BCUT2D eigenvalue weighted by Gasteiger charge is 2.44. The fourth-order valence-corrected chi connectivity index (χ4v) is 13.7. The number of para-hydroxylation sites is 5. The maximum Gasteiger partial charge on any atom is 0.252 e. The minimum Gasteiger partial charge on any atom is -0.311 e. The van der Waals surface area contributed by atoms with Crippen molar-refractivity contribution in [3.8, 4) is 28.2 Å². The second-order valence-electron chi connectivity index (χ2n) is 26.4. The predicted octanol–water partition coefficient (Wildman–Crippen LogP) is 20.6. The lowest BCUT2D eigenvalue weighted by molar-refractivity contribution is 0.569. The Balaban J connectivity index is 1.24. The van der Waals surface area contributed by atoms with Crippen molar-refractivity contribution in [3.63, 3.8) is 0 Å². The van der Waals surface area contributed by atoms with Crippen LogP contribution in [0.3, 0.4) is 0 Å². The van der Waals surface area contributed by atoms with Gasteiger partial charge in [0.2, 0.25) is 0 Å². The summed E-state index contributed by atoms with van der Waals surface area (Å²) in [6, 6.07) is 24.2. The minimum absolute atomic E-state index is 0.0292. The van der Waals surface area contributed by atoms with Crippen LogP contribution in [-0.2, 0) is 16.2 Å². The molecule has 0 amide bonds. The van der Waals surface area contributed by atoms with Gasteiger partial charge in [-0.05, 0) is 143 Å². The lowest BCUT2D eigenvalue weighted by Gasteiger charge is -2.43. The van der Waals surface area contributed by atoms with Crippen molar-refractivity contribution in [3.05, 3.63) is 271 Å². The van der Waals surface area contributed by atoms with Gasteiger partial charge >= 0.3 is 0 Å². The molecule has 15 aromatic rings. The van der Waals surface area contributed by atoms with Gasteiger partial charge in [0.15, 0.2) is 0 Å². The molecule has 0 saturated heterocycles. The van der Waals surface area contributed by atoms with E-state index in [0.717, 1.165) is 11.1 Å². The molecule has 89 heavy (non-hydrogen) atoms. The second kappa shape index (κ2) is 19.2. The number of aromatic nitrogens is 3. The molecule has 428 valence electrons. The highest BCUT2D eigenvalue weighted by molar-refractivity contribution is 7.00. The van der Waals surface area contributed by atoms with Gasteiger partial charge in [-0.3, -0.25) is 0 Å². The van der Waals surface area contributed by atoms with Gasteiger partial charge in [-0.15, -0.1) is 0 Å². The highest BCUT2D eigenvalue weighted by atomic mass is 15.2. The van der Waals surface area contributed by atoms with Crippen molar-refractivity contribution in [2.75, 3.05) is 4.90 Å². The molecule has 17 rings (SSSR count). The van der Waals surface area contributed by atoms with Gasteiger partial charge < -0.3 is 18.6 Å². The number of fused-ring (bicyclic) bond motifs is 17. The van der Waals surface area contributed by atoms with Gasteiger partial charge in [-0.2, -0.15) is 0 Å². The van der Waals surface area contributed by atoms with Crippen LogP contribution in [0.5, 0.6) is 0 Å². The molecule has 3 aromatic heterocycles. The van der Waals surface area contributed by atoms with E-state index in [-0.39, 0.29) is 117 Å². The average Bonchev–Trinajstić information content (AvgIpc) is 1.55. The Hall–Kier alpha value is -10.1. The van der Waals surface area contributed by atoms with Crippen molar-refractivity contribution in [1.82, 2.24) is 13.7 Å². The van der Waals surface area contributed by atoms with Crippen LogP contribution in [-0.4, -0.2) is 20.4 Å². The molecule has 5 heteroatoms. The Morgan fingerprint density at radius 1 is 0.337 bits per heavy atom. The summed E-state index contributed by atoms with van der Waals surface area (Å²) in [7, 11) is 0. The maximum absolute atomic E-state index is 11.5.